The molecule has 0 bridgehead atoms. The highest BCUT2D eigenvalue weighted by molar-refractivity contribution is 6.33. The summed E-state index contributed by atoms with van der Waals surface area (Å²) in [4.78, 5) is 11.0. The van der Waals surface area contributed by atoms with Crippen LogP contribution in [0.25, 0.3) is 0 Å². The SMILES string of the molecule is O=C(O)c1ccc(NCc2cccc(OCc3cccc(Cl)c3)c2)cc1Cl. The van der Waals surface area contributed by atoms with Crippen LogP contribution >= 0.6 is 23.2 Å². The maximum absolute atomic E-state index is 11.0. The van der Waals surface area contributed by atoms with Crippen molar-refractivity contribution in [3.8, 4) is 5.75 Å². The van der Waals surface area contributed by atoms with Crippen molar-refractivity contribution in [3.05, 3.63) is 93.5 Å². The van der Waals surface area contributed by atoms with Gasteiger partial charge in [0, 0.05) is 17.3 Å². The molecule has 0 unspecified atom stereocenters. The summed E-state index contributed by atoms with van der Waals surface area (Å²) in [5.74, 6) is -0.287. The minimum atomic E-state index is -1.05. The molecular formula is C21H17Cl2NO3. The Balaban J connectivity index is 1.60. The van der Waals surface area contributed by atoms with Crippen LogP contribution < -0.4 is 10.1 Å². The zero-order valence-corrected chi connectivity index (χ0v) is 15.8. The highest BCUT2D eigenvalue weighted by Gasteiger charge is 2.08. The van der Waals surface area contributed by atoms with E-state index in [9.17, 15) is 4.79 Å². The third-order valence-electron chi connectivity index (χ3n) is 3.89. The Morgan fingerprint density at radius 2 is 1.74 bits per heavy atom. The van der Waals surface area contributed by atoms with Gasteiger partial charge in [0.1, 0.15) is 12.4 Å². The van der Waals surface area contributed by atoms with Crippen LogP contribution in [-0.4, -0.2) is 11.1 Å². The van der Waals surface area contributed by atoms with E-state index in [4.69, 9.17) is 33.0 Å². The molecule has 0 radical (unpaired) electrons. The van der Waals surface area contributed by atoms with Crippen LogP contribution in [0.4, 0.5) is 5.69 Å². The molecule has 4 nitrogen and oxygen atoms in total. The van der Waals surface area contributed by atoms with Gasteiger partial charge < -0.3 is 15.2 Å². The molecule has 0 spiro atoms. The average molecular weight is 402 g/mol. The summed E-state index contributed by atoms with van der Waals surface area (Å²) in [6.45, 7) is 0.987. The average Bonchev–Trinajstić information content (AvgIpc) is 2.65. The predicted octanol–water partition coefficient (Wildman–Crippen LogP) is 5.88. The Labute approximate surface area is 167 Å². The van der Waals surface area contributed by atoms with E-state index in [0.29, 0.717) is 18.2 Å². The molecule has 6 heteroatoms. The summed E-state index contributed by atoms with van der Waals surface area (Å²) >= 11 is 12.0. The maximum Gasteiger partial charge on any atom is 0.337 e. The molecule has 3 aromatic carbocycles. The molecule has 138 valence electrons. The molecule has 0 heterocycles. The molecule has 0 saturated carbocycles. The quantitative estimate of drug-likeness (QED) is 0.518. The molecule has 0 fully saturated rings. The second-order valence-corrected chi connectivity index (χ2v) is 6.76. The van der Waals surface area contributed by atoms with Crippen LogP contribution in [0.2, 0.25) is 10.0 Å². The number of ether oxygens (including phenoxy) is 1. The zero-order valence-electron chi connectivity index (χ0n) is 14.3. The van der Waals surface area contributed by atoms with E-state index in [1.165, 1.54) is 6.07 Å². The van der Waals surface area contributed by atoms with Crippen molar-refractivity contribution < 1.29 is 14.6 Å². The first kappa shape index (κ1) is 19.1. The Morgan fingerprint density at radius 1 is 0.963 bits per heavy atom. The molecule has 27 heavy (non-hydrogen) atoms. The summed E-state index contributed by atoms with van der Waals surface area (Å²) in [5, 5.41) is 13.1. The lowest BCUT2D eigenvalue weighted by Gasteiger charge is -2.11. The standard InChI is InChI=1S/C21H17Cl2NO3/c22-16-5-1-4-15(9-16)13-27-18-6-2-3-14(10-18)12-24-17-7-8-19(21(25)26)20(23)11-17/h1-11,24H,12-13H2,(H,25,26). The van der Waals surface area contributed by atoms with Gasteiger partial charge in [-0.25, -0.2) is 4.79 Å². The third kappa shape index (κ3) is 5.39. The number of hydrogen-bond acceptors (Lipinski definition) is 3. The summed E-state index contributed by atoms with van der Waals surface area (Å²) in [6, 6.07) is 20.1. The summed E-state index contributed by atoms with van der Waals surface area (Å²) in [6.07, 6.45) is 0. The third-order valence-corrected chi connectivity index (χ3v) is 4.44. The van der Waals surface area contributed by atoms with Crippen LogP contribution in [0.15, 0.2) is 66.7 Å². The summed E-state index contributed by atoms with van der Waals surface area (Å²) in [5.41, 5.74) is 2.85. The smallest absolute Gasteiger partial charge is 0.337 e. The first-order chi connectivity index (χ1) is 13.0. The van der Waals surface area contributed by atoms with Crippen LogP contribution in [-0.2, 0) is 13.2 Å². The molecular weight excluding hydrogens is 385 g/mol. The van der Waals surface area contributed by atoms with Gasteiger partial charge in [-0.15, -0.1) is 0 Å². The lowest BCUT2D eigenvalue weighted by atomic mass is 10.2. The number of halogens is 2. The minimum absolute atomic E-state index is 0.0821. The number of benzene rings is 3. The number of aromatic carboxylic acids is 1. The van der Waals surface area contributed by atoms with Gasteiger partial charge in [0.25, 0.3) is 0 Å². The highest BCUT2D eigenvalue weighted by Crippen LogP contribution is 2.22. The van der Waals surface area contributed by atoms with Gasteiger partial charge >= 0.3 is 5.97 Å². The molecule has 0 aliphatic heterocycles. The van der Waals surface area contributed by atoms with E-state index < -0.39 is 5.97 Å². The predicted molar refractivity (Wildman–Crippen MR) is 108 cm³/mol. The van der Waals surface area contributed by atoms with Gasteiger partial charge in [-0.2, -0.15) is 0 Å². The van der Waals surface area contributed by atoms with Crippen molar-refractivity contribution in [1.29, 1.82) is 0 Å². The van der Waals surface area contributed by atoms with E-state index >= 15 is 0 Å². The van der Waals surface area contributed by atoms with E-state index in [1.807, 2.05) is 48.5 Å². The number of anilines is 1. The fourth-order valence-corrected chi connectivity index (χ4v) is 3.02. The van der Waals surface area contributed by atoms with Crippen LogP contribution in [0.3, 0.4) is 0 Å². The fraction of sp³-hybridized carbons (Fsp3) is 0.0952. The lowest BCUT2D eigenvalue weighted by molar-refractivity contribution is 0.0697. The van der Waals surface area contributed by atoms with E-state index in [1.54, 1.807) is 12.1 Å². The van der Waals surface area contributed by atoms with Crippen LogP contribution in [0.1, 0.15) is 21.5 Å². The molecule has 0 aromatic heterocycles. The van der Waals surface area contributed by atoms with Crippen molar-refractivity contribution in [1.82, 2.24) is 0 Å². The second-order valence-electron chi connectivity index (χ2n) is 5.92. The lowest BCUT2D eigenvalue weighted by Crippen LogP contribution is -2.02. The fourth-order valence-electron chi connectivity index (χ4n) is 2.54. The molecule has 3 rings (SSSR count). The molecule has 2 N–H and O–H groups in total. The monoisotopic (exact) mass is 401 g/mol. The number of carbonyl (C=O) groups is 1. The first-order valence-corrected chi connectivity index (χ1v) is 9.00. The normalized spacial score (nSPS) is 10.4. The second kappa shape index (κ2) is 8.80. The van der Waals surface area contributed by atoms with Crippen molar-refractivity contribution in [2.24, 2.45) is 0 Å². The van der Waals surface area contributed by atoms with Gasteiger partial charge in [-0.05, 0) is 53.6 Å². The van der Waals surface area contributed by atoms with E-state index in [0.717, 1.165) is 22.6 Å². The molecule has 0 atom stereocenters. The summed E-state index contributed by atoms with van der Waals surface area (Å²) < 4.78 is 5.83. The minimum Gasteiger partial charge on any atom is -0.489 e. The number of carboxylic acid groups (broad SMARTS) is 1. The van der Waals surface area contributed by atoms with E-state index in [2.05, 4.69) is 5.32 Å². The summed E-state index contributed by atoms with van der Waals surface area (Å²) in [7, 11) is 0. The molecule has 0 aliphatic carbocycles. The van der Waals surface area contributed by atoms with Crippen LogP contribution in [0.5, 0.6) is 5.75 Å². The number of nitrogens with one attached hydrogen (secondary N) is 1. The van der Waals surface area contributed by atoms with Crippen LogP contribution in [0, 0.1) is 0 Å². The molecule has 0 saturated heterocycles. The highest BCUT2D eigenvalue weighted by atomic mass is 35.5. The van der Waals surface area contributed by atoms with Gasteiger partial charge in [-0.1, -0.05) is 47.5 Å². The Morgan fingerprint density at radius 3 is 2.48 bits per heavy atom. The van der Waals surface area contributed by atoms with Gasteiger partial charge in [0.05, 0.1) is 10.6 Å². The van der Waals surface area contributed by atoms with Gasteiger partial charge in [0.15, 0.2) is 0 Å². The number of rotatable bonds is 7. The van der Waals surface area contributed by atoms with E-state index in [-0.39, 0.29) is 10.6 Å². The first-order valence-electron chi connectivity index (χ1n) is 8.24. The Kier molecular flexibility index (Phi) is 6.22. The number of hydrogen-bond donors (Lipinski definition) is 2. The molecule has 0 amide bonds. The topological polar surface area (TPSA) is 58.6 Å². The number of carboxylic acids is 1. The largest absolute Gasteiger partial charge is 0.489 e. The zero-order chi connectivity index (χ0) is 19.2. The molecule has 3 aromatic rings. The van der Waals surface area contributed by atoms with Crippen molar-refractivity contribution in [3.63, 3.8) is 0 Å². The molecule has 0 aliphatic rings. The van der Waals surface area contributed by atoms with Crippen molar-refractivity contribution >= 4 is 34.9 Å². The Hall–Kier alpha value is -2.69. The van der Waals surface area contributed by atoms with Gasteiger partial charge in [0.2, 0.25) is 0 Å². The van der Waals surface area contributed by atoms with Gasteiger partial charge in [-0.3, -0.25) is 0 Å². The maximum atomic E-state index is 11.0. The Bertz CT molecular complexity index is 960. The van der Waals surface area contributed by atoms with Crippen molar-refractivity contribution in [2.45, 2.75) is 13.2 Å². The van der Waals surface area contributed by atoms with Crippen molar-refractivity contribution in [2.75, 3.05) is 5.32 Å².